The monoisotopic (exact) mass is 310 g/mol. The quantitative estimate of drug-likeness (QED) is 0.767. The number of halogens is 2. The summed E-state index contributed by atoms with van der Waals surface area (Å²) in [6, 6.07) is 7.37. The van der Waals surface area contributed by atoms with Crippen molar-refractivity contribution in [2.75, 3.05) is 6.54 Å². The van der Waals surface area contributed by atoms with E-state index in [4.69, 9.17) is 0 Å². The molecule has 7 heteroatoms. The summed E-state index contributed by atoms with van der Waals surface area (Å²) in [4.78, 5) is 14.8. The van der Waals surface area contributed by atoms with Crippen LogP contribution in [0, 0.1) is 6.92 Å². The lowest BCUT2D eigenvalue weighted by molar-refractivity contribution is -0.0499. The van der Waals surface area contributed by atoms with Gasteiger partial charge >= 0.3 is 6.61 Å². The summed E-state index contributed by atoms with van der Waals surface area (Å²) in [7, 11) is 0. The molecule has 0 spiro atoms. The molecule has 1 amide bonds. The Morgan fingerprint density at radius 2 is 2.18 bits per heavy atom. The van der Waals surface area contributed by atoms with Gasteiger partial charge in [0.2, 0.25) is 0 Å². The maximum absolute atomic E-state index is 12.2. The Bertz CT molecular complexity index is 643. The Labute approximate surface area is 125 Å². The summed E-state index contributed by atoms with van der Waals surface area (Å²) in [6.07, 6.45) is 0.621. The van der Waals surface area contributed by atoms with E-state index in [1.54, 1.807) is 25.3 Å². The van der Waals surface area contributed by atoms with Gasteiger partial charge in [0.05, 0.1) is 11.7 Å². The minimum Gasteiger partial charge on any atom is -0.435 e. The molecule has 0 bridgehead atoms. The highest BCUT2D eigenvalue weighted by Crippen LogP contribution is 2.20. The molecule has 1 aromatic carbocycles. The summed E-state index contributed by atoms with van der Waals surface area (Å²) in [5.41, 5.74) is 1.59. The topological polar surface area (TPSA) is 74.4 Å². The first kappa shape index (κ1) is 16.0. The number of hydrogen-bond donors (Lipinski definition) is 3. The summed E-state index contributed by atoms with van der Waals surface area (Å²) in [5, 5.41) is 12.6. The number of aryl methyl sites for hydroxylation is 1. The molecule has 1 heterocycles. The van der Waals surface area contributed by atoms with E-state index >= 15 is 0 Å². The SMILES string of the molecule is Cc1[nH]ccc1C(=O)NCC(O)c1cccc(OC(F)F)c1. The number of aliphatic hydroxyl groups is 1. The molecule has 3 N–H and O–H groups in total. The Hall–Kier alpha value is -2.41. The Kier molecular flexibility index (Phi) is 5.11. The summed E-state index contributed by atoms with van der Waals surface area (Å²) in [5.74, 6) is -0.364. The fourth-order valence-electron chi connectivity index (χ4n) is 2.00. The first-order valence-electron chi connectivity index (χ1n) is 6.62. The number of nitrogens with one attached hydrogen (secondary N) is 2. The zero-order valence-electron chi connectivity index (χ0n) is 11.8. The van der Waals surface area contributed by atoms with Crippen molar-refractivity contribution in [3.63, 3.8) is 0 Å². The fourth-order valence-corrected chi connectivity index (χ4v) is 2.00. The highest BCUT2D eigenvalue weighted by atomic mass is 19.3. The van der Waals surface area contributed by atoms with E-state index in [0.717, 1.165) is 5.69 Å². The summed E-state index contributed by atoms with van der Waals surface area (Å²) >= 11 is 0. The maximum Gasteiger partial charge on any atom is 0.387 e. The second kappa shape index (κ2) is 7.04. The van der Waals surface area contributed by atoms with Gasteiger partial charge in [-0.1, -0.05) is 12.1 Å². The smallest absolute Gasteiger partial charge is 0.387 e. The standard InChI is InChI=1S/C15H16F2N2O3/c1-9-12(5-6-18-9)14(21)19-8-13(20)10-3-2-4-11(7-10)22-15(16)17/h2-7,13,15,18,20H,8H2,1H3,(H,19,21). The van der Waals surface area contributed by atoms with Crippen molar-refractivity contribution in [2.45, 2.75) is 19.6 Å². The van der Waals surface area contributed by atoms with Gasteiger partial charge in [-0.25, -0.2) is 0 Å². The molecule has 1 unspecified atom stereocenters. The molecule has 0 fully saturated rings. The van der Waals surface area contributed by atoms with Crippen LogP contribution in [0.15, 0.2) is 36.5 Å². The summed E-state index contributed by atoms with van der Waals surface area (Å²) in [6.45, 7) is -1.21. The second-order valence-corrected chi connectivity index (χ2v) is 4.69. The molecule has 1 aromatic heterocycles. The third-order valence-electron chi connectivity index (χ3n) is 3.12. The van der Waals surface area contributed by atoms with Crippen LogP contribution in [0.1, 0.15) is 27.7 Å². The Morgan fingerprint density at radius 3 is 2.82 bits per heavy atom. The molecule has 0 aliphatic carbocycles. The molecule has 0 aliphatic rings. The van der Waals surface area contributed by atoms with Gasteiger partial charge in [0.15, 0.2) is 0 Å². The van der Waals surface area contributed by atoms with Crippen molar-refractivity contribution < 1.29 is 23.4 Å². The second-order valence-electron chi connectivity index (χ2n) is 4.69. The van der Waals surface area contributed by atoms with Crippen LogP contribution in [0.4, 0.5) is 8.78 Å². The van der Waals surface area contributed by atoms with Crippen molar-refractivity contribution in [3.8, 4) is 5.75 Å². The zero-order chi connectivity index (χ0) is 16.1. The normalized spacial score (nSPS) is 12.2. The van der Waals surface area contributed by atoms with E-state index in [2.05, 4.69) is 15.0 Å². The number of alkyl halides is 2. The van der Waals surface area contributed by atoms with E-state index in [-0.39, 0.29) is 18.2 Å². The number of hydrogen-bond acceptors (Lipinski definition) is 3. The minimum absolute atomic E-state index is 0.0401. The number of ether oxygens (including phenoxy) is 1. The van der Waals surface area contributed by atoms with Gasteiger partial charge in [-0.15, -0.1) is 0 Å². The van der Waals surface area contributed by atoms with E-state index in [9.17, 15) is 18.7 Å². The van der Waals surface area contributed by atoms with Crippen LogP contribution in [-0.4, -0.2) is 29.2 Å². The van der Waals surface area contributed by atoms with E-state index in [0.29, 0.717) is 11.1 Å². The molecule has 0 saturated carbocycles. The molecule has 5 nitrogen and oxygen atoms in total. The van der Waals surface area contributed by atoms with Crippen LogP contribution in [-0.2, 0) is 0 Å². The number of aliphatic hydroxyl groups excluding tert-OH is 1. The Balaban J connectivity index is 1.96. The number of rotatable bonds is 6. The molecular formula is C15H16F2N2O3. The molecular weight excluding hydrogens is 294 g/mol. The molecule has 2 rings (SSSR count). The zero-order valence-corrected chi connectivity index (χ0v) is 11.8. The fraction of sp³-hybridized carbons (Fsp3) is 0.267. The van der Waals surface area contributed by atoms with E-state index < -0.39 is 12.7 Å². The first-order chi connectivity index (χ1) is 10.5. The number of amides is 1. The van der Waals surface area contributed by atoms with E-state index in [1.165, 1.54) is 18.2 Å². The lowest BCUT2D eigenvalue weighted by atomic mass is 10.1. The van der Waals surface area contributed by atoms with E-state index in [1.807, 2.05) is 0 Å². The number of carbonyl (C=O) groups is 1. The van der Waals surface area contributed by atoms with Crippen molar-refractivity contribution in [1.29, 1.82) is 0 Å². The average Bonchev–Trinajstić information content (AvgIpc) is 2.90. The molecule has 0 radical (unpaired) electrons. The van der Waals surface area contributed by atoms with Crippen LogP contribution >= 0.6 is 0 Å². The number of carbonyl (C=O) groups excluding carboxylic acids is 1. The molecule has 0 saturated heterocycles. The summed E-state index contributed by atoms with van der Waals surface area (Å²) < 4.78 is 28.6. The van der Waals surface area contributed by atoms with Gasteiger partial charge in [0.1, 0.15) is 5.75 Å². The van der Waals surface area contributed by atoms with Crippen molar-refractivity contribution in [3.05, 3.63) is 53.3 Å². The lowest BCUT2D eigenvalue weighted by Crippen LogP contribution is -2.28. The number of aromatic nitrogens is 1. The van der Waals surface area contributed by atoms with Crippen LogP contribution in [0.5, 0.6) is 5.75 Å². The predicted octanol–water partition coefficient (Wildman–Crippen LogP) is 2.39. The van der Waals surface area contributed by atoms with Crippen molar-refractivity contribution in [1.82, 2.24) is 10.3 Å². The predicted molar refractivity (Wildman–Crippen MR) is 75.9 cm³/mol. The van der Waals surface area contributed by atoms with Crippen LogP contribution < -0.4 is 10.1 Å². The molecule has 22 heavy (non-hydrogen) atoms. The Morgan fingerprint density at radius 1 is 1.41 bits per heavy atom. The first-order valence-corrected chi connectivity index (χ1v) is 6.62. The molecule has 1 atom stereocenters. The van der Waals surface area contributed by atoms with Gasteiger partial charge in [-0.3, -0.25) is 4.79 Å². The molecule has 118 valence electrons. The molecule has 2 aromatic rings. The highest BCUT2D eigenvalue weighted by Gasteiger charge is 2.14. The third kappa shape index (κ3) is 4.05. The average molecular weight is 310 g/mol. The minimum atomic E-state index is -2.93. The largest absolute Gasteiger partial charge is 0.435 e. The van der Waals surface area contributed by atoms with Gasteiger partial charge in [-0.05, 0) is 30.7 Å². The van der Waals surface area contributed by atoms with Crippen LogP contribution in [0.3, 0.4) is 0 Å². The lowest BCUT2D eigenvalue weighted by Gasteiger charge is -2.13. The van der Waals surface area contributed by atoms with Crippen LogP contribution in [0.2, 0.25) is 0 Å². The number of benzene rings is 1. The van der Waals surface area contributed by atoms with Gasteiger partial charge in [0, 0.05) is 18.4 Å². The van der Waals surface area contributed by atoms with Crippen LogP contribution in [0.25, 0.3) is 0 Å². The molecule has 0 aliphatic heterocycles. The van der Waals surface area contributed by atoms with Gasteiger partial charge in [0.25, 0.3) is 5.91 Å². The number of aromatic amines is 1. The maximum atomic E-state index is 12.2. The van der Waals surface area contributed by atoms with Crippen molar-refractivity contribution >= 4 is 5.91 Å². The van der Waals surface area contributed by atoms with Gasteiger partial charge < -0.3 is 20.1 Å². The van der Waals surface area contributed by atoms with Crippen molar-refractivity contribution in [2.24, 2.45) is 0 Å². The third-order valence-corrected chi connectivity index (χ3v) is 3.12. The van der Waals surface area contributed by atoms with Gasteiger partial charge in [-0.2, -0.15) is 8.78 Å². The number of H-pyrrole nitrogens is 1. The highest BCUT2D eigenvalue weighted by molar-refractivity contribution is 5.95.